The predicted octanol–water partition coefficient (Wildman–Crippen LogP) is 6.98. The Morgan fingerprint density at radius 3 is 2.03 bits per heavy atom. The number of hydrogen-bond donors (Lipinski definition) is 1. The van der Waals surface area contributed by atoms with Crippen molar-refractivity contribution < 1.29 is 14.7 Å². The lowest BCUT2D eigenvalue weighted by atomic mass is 9.64. The molecule has 0 amide bonds. The molecule has 0 fully saturated rings. The predicted molar refractivity (Wildman–Crippen MR) is 122 cm³/mol. The number of carbonyl (C=O) groups is 2. The molecule has 1 rings (SSSR count). The van der Waals surface area contributed by atoms with Crippen LogP contribution in [0.3, 0.4) is 0 Å². The van der Waals surface area contributed by atoms with E-state index in [0.29, 0.717) is 24.8 Å². The van der Waals surface area contributed by atoms with Crippen molar-refractivity contribution in [1.29, 1.82) is 0 Å². The standard InChI is InChI=1S/C26H38O3/c1-17(2)9-11-21(20(7)8)16-26(14-13-19(5)6)24(28)15-23(27)22(25(26)29)12-10-18(3)4/h9-10,13,21,29H,7,11-12,14-16H2,1-6,8H3/t21-,26?/m1/s1. The Morgan fingerprint density at radius 2 is 1.55 bits per heavy atom. The highest BCUT2D eigenvalue weighted by Gasteiger charge is 2.48. The molecule has 0 bridgehead atoms. The minimum Gasteiger partial charge on any atom is -0.511 e. The summed E-state index contributed by atoms with van der Waals surface area (Å²) in [6.07, 6.45) is 7.95. The number of rotatable bonds is 9. The summed E-state index contributed by atoms with van der Waals surface area (Å²) in [6.45, 7) is 18.1. The van der Waals surface area contributed by atoms with Gasteiger partial charge in [0.15, 0.2) is 11.6 Å². The SMILES string of the molecule is C=C(C)[C@H](CC=C(C)C)CC1(CC=C(C)C)C(=O)CC(=O)C(CC=C(C)C)=C1O. The molecule has 1 aliphatic carbocycles. The quantitative estimate of drug-likeness (QED) is 0.337. The fourth-order valence-corrected chi connectivity index (χ4v) is 3.63. The molecule has 0 aromatic heterocycles. The van der Waals surface area contributed by atoms with Crippen LogP contribution in [0.25, 0.3) is 0 Å². The number of aliphatic hydroxyl groups is 1. The molecular weight excluding hydrogens is 360 g/mol. The van der Waals surface area contributed by atoms with Crippen molar-refractivity contribution in [3.8, 4) is 0 Å². The van der Waals surface area contributed by atoms with Gasteiger partial charge in [0, 0.05) is 5.57 Å². The van der Waals surface area contributed by atoms with E-state index in [4.69, 9.17) is 0 Å². The average molecular weight is 399 g/mol. The fourth-order valence-electron chi connectivity index (χ4n) is 3.63. The van der Waals surface area contributed by atoms with E-state index in [1.165, 1.54) is 5.57 Å². The Kier molecular flexibility index (Phi) is 9.07. The minimum atomic E-state index is -1.06. The van der Waals surface area contributed by atoms with Crippen LogP contribution in [0.2, 0.25) is 0 Å². The number of carbonyl (C=O) groups excluding carboxylic acids is 2. The van der Waals surface area contributed by atoms with Gasteiger partial charge in [0.2, 0.25) is 0 Å². The van der Waals surface area contributed by atoms with Crippen LogP contribution >= 0.6 is 0 Å². The molecule has 0 saturated carbocycles. The Morgan fingerprint density at radius 1 is 1.00 bits per heavy atom. The third kappa shape index (κ3) is 6.69. The molecular formula is C26H38O3. The van der Waals surface area contributed by atoms with Crippen molar-refractivity contribution in [3.63, 3.8) is 0 Å². The Hall–Kier alpha value is -2.16. The molecule has 1 unspecified atom stereocenters. The maximum atomic E-state index is 13.2. The van der Waals surface area contributed by atoms with Gasteiger partial charge < -0.3 is 5.11 Å². The molecule has 160 valence electrons. The smallest absolute Gasteiger partial charge is 0.169 e. The molecule has 0 radical (unpaired) electrons. The zero-order valence-corrected chi connectivity index (χ0v) is 19.3. The normalized spacial score (nSPS) is 20.2. The average Bonchev–Trinajstić information content (AvgIpc) is 2.59. The van der Waals surface area contributed by atoms with Crippen LogP contribution in [0.4, 0.5) is 0 Å². The molecule has 29 heavy (non-hydrogen) atoms. The minimum absolute atomic E-state index is 0.0304. The van der Waals surface area contributed by atoms with E-state index in [9.17, 15) is 14.7 Å². The van der Waals surface area contributed by atoms with E-state index in [2.05, 4.69) is 12.7 Å². The van der Waals surface area contributed by atoms with E-state index in [1.54, 1.807) is 0 Å². The largest absolute Gasteiger partial charge is 0.511 e. The van der Waals surface area contributed by atoms with Crippen molar-refractivity contribution in [2.24, 2.45) is 11.3 Å². The molecule has 0 saturated heterocycles. The molecule has 1 N–H and O–H groups in total. The lowest BCUT2D eigenvalue weighted by Gasteiger charge is -2.38. The summed E-state index contributed by atoms with van der Waals surface area (Å²) in [5, 5.41) is 11.3. The van der Waals surface area contributed by atoms with Crippen LogP contribution in [-0.2, 0) is 9.59 Å². The lowest BCUT2D eigenvalue weighted by molar-refractivity contribution is -0.134. The molecule has 0 aromatic rings. The summed E-state index contributed by atoms with van der Waals surface area (Å²) < 4.78 is 0. The molecule has 0 aliphatic heterocycles. The lowest BCUT2D eigenvalue weighted by Crippen LogP contribution is -2.41. The monoisotopic (exact) mass is 398 g/mol. The van der Waals surface area contributed by atoms with Gasteiger partial charge in [0.1, 0.15) is 5.76 Å². The highest BCUT2D eigenvalue weighted by Crippen LogP contribution is 2.46. The molecule has 1 aliphatic rings. The van der Waals surface area contributed by atoms with Gasteiger partial charge in [-0.15, -0.1) is 0 Å². The second-order valence-electron chi connectivity index (χ2n) is 9.17. The van der Waals surface area contributed by atoms with Gasteiger partial charge in [0.05, 0.1) is 11.8 Å². The molecule has 0 heterocycles. The van der Waals surface area contributed by atoms with Crippen LogP contribution in [-0.4, -0.2) is 16.7 Å². The third-order valence-electron chi connectivity index (χ3n) is 5.61. The Labute approximate surface area is 177 Å². The van der Waals surface area contributed by atoms with Gasteiger partial charge in [-0.05, 0) is 80.1 Å². The van der Waals surface area contributed by atoms with Gasteiger partial charge in [-0.1, -0.05) is 47.1 Å². The first-order valence-corrected chi connectivity index (χ1v) is 10.4. The first-order chi connectivity index (χ1) is 13.4. The van der Waals surface area contributed by atoms with E-state index in [-0.39, 0.29) is 29.7 Å². The van der Waals surface area contributed by atoms with Gasteiger partial charge in [-0.2, -0.15) is 0 Å². The molecule has 2 atom stereocenters. The van der Waals surface area contributed by atoms with Crippen LogP contribution in [0.15, 0.2) is 58.4 Å². The van der Waals surface area contributed by atoms with E-state index >= 15 is 0 Å². The summed E-state index contributed by atoms with van der Waals surface area (Å²) >= 11 is 0. The van der Waals surface area contributed by atoms with Crippen molar-refractivity contribution in [1.82, 2.24) is 0 Å². The summed E-state index contributed by atoms with van der Waals surface area (Å²) in [7, 11) is 0. The van der Waals surface area contributed by atoms with Crippen molar-refractivity contribution in [2.45, 2.75) is 80.6 Å². The summed E-state index contributed by atoms with van der Waals surface area (Å²) in [5.41, 5.74) is 3.69. The summed E-state index contributed by atoms with van der Waals surface area (Å²) in [4.78, 5) is 25.8. The van der Waals surface area contributed by atoms with Crippen molar-refractivity contribution in [3.05, 3.63) is 58.4 Å². The number of aliphatic hydroxyl groups excluding tert-OH is 1. The van der Waals surface area contributed by atoms with Crippen LogP contribution in [0.1, 0.15) is 80.6 Å². The van der Waals surface area contributed by atoms with E-state index in [0.717, 1.165) is 23.1 Å². The highest BCUT2D eigenvalue weighted by molar-refractivity contribution is 6.13. The topological polar surface area (TPSA) is 54.4 Å². The second-order valence-corrected chi connectivity index (χ2v) is 9.17. The van der Waals surface area contributed by atoms with E-state index in [1.807, 2.05) is 60.6 Å². The number of Topliss-reactive ketones (excluding diaryl/α,β-unsaturated/α-hetero) is 2. The van der Waals surface area contributed by atoms with Gasteiger partial charge >= 0.3 is 0 Å². The Balaban J connectivity index is 3.55. The Bertz CT molecular complexity index is 777. The van der Waals surface area contributed by atoms with Crippen molar-refractivity contribution in [2.75, 3.05) is 0 Å². The highest BCUT2D eigenvalue weighted by atomic mass is 16.3. The summed E-state index contributed by atoms with van der Waals surface area (Å²) in [6, 6.07) is 0. The van der Waals surface area contributed by atoms with Crippen molar-refractivity contribution >= 4 is 11.6 Å². The van der Waals surface area contributed by atoms with E-state index < -0.39 is 5.41 Å². The van der Waals surface area contributed by atoms with Gasteiger partial charge in [-0.25, -0.2) is 0 Å². The maximum absolute atomic E-state index is 13.2. The van der Waals surface area contributed by atoms with Crippen LogP contribution in [0, 0.1) is 11.3 Å². The van der Waals surface area contributed by atoms with Crippen LogP contribution < -0.4 is 0 Å². The summed E-state index contributed by atoms with van der Waals surface area (Å²) in [5.74, 6) is -0.410. The first kappa shape index (κ1) is 24.9. The molecule has 3 heteroatoms. The fraction of sp³-hybridized carbons (Fsp3) is 0.538. The second kappa shape index (κ2) is 10.6. The first-order valence-electron chi connectivity index (χ1n) is 10.4. The number of ketones is 2. The van der Waals surface area contributed by atoms with Gasteiger partial charge in [0.25, 0.3) is 0 Å². The molecule has 3 nitrogen and oxygen atoms in total. The molecule has 0 aromatic carbocycles. The number of allylic oxidation sites excluding steroid dienone is 9. The third-order valence-corrected chi connectivity index (χ3v) is 5.61. The zero-order valence-electron chi connectivity index (χ0n) is 19.3. The zero-order chi connectivity index (χ0) is 22.4. The van der Waals surface area contributed by atoms with Gasteiger partial charge in [-0.3, -0.25) is 9.59 Å². The van der Waals surface area contributed by atoms with Crippen LogP contribution in [0.5, 0.6) is 0 Å². The maximum Gasteiger partial charge on any atom is 0.169 e. The number of hydrogen-bond acceptors (Lipinski definition) is 3. The molecule has 0 spiro atoms.